The first-order chi connectivity index (χ1) is 10.3. The maximum absolute atomic E-state index is 9.48. The zero-order chi connectivity index (χ0) is 14.7. The average Bonchev–Trinajstić information content (AvgIpc) is 2.52. The third kappa shape index (κ3) is 2.83. The Morgan fingerprint density at radius 3 is 2.62 bits per heavy atom. The quantitative estimate of drug-likeness (QED) is 0.767. The number of nitrogens with two attached hydrogens (primary N) is 1. The van der Waals surface area contributed by atoms with Gasteiger partial charge in [-0.2, -0.15) is 0 Å². The maximum Gasteiger partial charge on any atom is 0.124 e. The van der Waals surface area contributed by atoms with Gasteiger partial charge in [0, 0.05) is 12.1 Å². The molecule has 0 aliphatic carbocycles. The second-order valence-electron chi connectivity index (χ2n) is 4.93. The van der Waals surface area contributed by atoms with Crippen molar-refractivity contribution in [3.8, 4) is 11.5 Å². The number of benzene rings is 3. The van der Waals surface area contributed by atoms with Gasteiger partial charge < -0.3 is 15.6 Å². The van der Waals surface area contributed by atoms with Gasteiger partial charge in [-0.1, -0.05) is 42.5 Å². The van der Waals surface area contributed by atoms with Gasteiger partial charge in [-0.3, -0.25) is 0 Å². The molecule has 21 heavy (non-hydrogen) atoms. The van der Waals surface area contributed by atoms with Crippen LogP contribution in [0.3, 0.4) is 0 Å². The summed E-state index contributed by atoms with van der Waals surface area (Å²) in [6.07, 6.45) is 0. The summed E-state index contributed by atoms with van der Waals surface area (Å²) in [5.74, 6) is 1.04. The molecule has 0 aliphatic rings. The van der Waals surface area contributed by atoms with Crippen LogP contribution in [0, 0.1) is 0 Å². The van der Waals surface area contributed by atoms with Crippen molar-refractivity contribution in [2.45, 2.75) is 13.2 Å². The molecule has 0 fully saturated rings. The van der Waals surface area contributed by atoms with E-state index in [0.717, 1.165) is 27.6 Å². The molecule has 3 nitrogen and oxygen atoms in total. The fourth-order valence-corrected chi connectivity index (χ4v) is 2.47. The van der Waals surface area contributed by atoms with E-state index in [9.17, 15) is 5.11 Å². The summed E-state index contributed by atoms with van der Waals surface area (Å²) in [4.78, 5) is 0. The number of aromatic hydroxyl groups is 1. The van der Waals surface area contributed by atoms with Crippen LogP contribution in [-0.2, 0) is 13.2 Å². The molecule has 3 rings (SSSR count). The van der Waals surface area contributed by atoms with Gasteiger partial charge in [0.05, 0.1) is 0 Å². The lowest BCUT2D eigenvalue weighted by molar-refractivity contribution is 0.303. The smallest absolute Gasteiger partial charge is 0.124 e. The Bertz CT molecular complexity index is 768. The molecule has 0 aromatic heterocycles. The lowest BCUT2D eigenvalue weighted by atomic mass is 10.0. The predicted octanol–water partition coefficient (Wildman–Crippen LogP) is 3.58. The first-order valence-electron chi connectivity index (χ1n) is 6.89. The van der Waals surface area contributed by atoms with Crippen LogP contribution in [0.25, 0.3) is 10.8 Å². The lowest BCUT2D eigenvalue weighted by Crippen LogP contribution is -2.03. The van der Waals surface area contributed by atoms with Crippen molar-refractivity contribution in [1.29, 1.82) is 0 Å². The molecule has 3 N–H and O–H groups in total. The van der Waals surface area contributed by atoms with E-state index in [0.29, 0.717) is 13.2 Å². The molecule has 0 radical (unpaired) electrons. The summed E-state index contributed by atoms with van der Waals surface area (Å²) in [6, 6.07) is 19.2. The van der Waals surface area contributed by atoms with Crippen molar-refractivity contribution in [2.75, 3.05) is 0 Å². The molecule has 0 atom stereocenters. The summed E-state index contributed by atoms with van der Waals surface area (Å²) in [5.41, 5.74) is 7.82. The van der Waals surface area contributed by atoms with E-state index in [1.54, 1.807) is 18.2 Å². The third-order valence-corrected chi connectivity index (χ3v) is 3.51. The minimum absolute atomic E-state index is 0.244. The fourth-order valence-electron chi connectivity index (χ4n) is 2.47. The van der Waals surface area contributed by atoms with Crippen molar-refractivity contribution in [1.82, 2.24) is 0 Å². The molecule has 0 aliphatic heterocycles. The van der Waals surface area contributed by atoms with E-state index >= 15 is 0 Å². The molecule has 0 heterocycles. The molecule has 0 amide bonds. The van der Waals surface area contributed by atoms with Crippen LogP contribution in [0.4, 0.5) is 0 Å². The Morgan fingerprint density at radius 2 is 1.81 bits per heavy atom. The van der Waals surface area contributed by atoms with Crippen LogP contribution in [0.1, 0.15) is 11.1 Å². The Labute approximate surface area is 123 Å². The normalized spacial score (nSPS) is 10.7. The number of phenols is 1. The number of hydrogen-bond donors (Lipinski definition) is 2. The van der Waals surface area contributed by atoms with Crippen LogP contribution in [-0.4, -0.2) is 5.11 Å². The van der Waals surface area contributed by atoms with Crippen LogP contribution in [0.5, 0.6) is 11.5 Å². The summed E-state index contributed by atoms with van der Waals surface area (Å²) in [6.45, 7) is 0.830. The van der Waals surface area contributed by atoms with Gasteiger partial charge in [-0.15, -0.1) is 0 Å². The highest BCUT2D eigenvalue weighted by molar-refractivity contribution is 5.87. The number of fused-ring (bicyclic) bond motifs is 1. The monoisotopic (exact) mass is 279 g/mol. The van der Waals surface area contributed by atoms with E-state index < -0.39 is 0 Å². The standard InChI is InChI=1S/C18H17NO2/c19-11-17-16-7-2-1-5-14(16)8-9-18(17)21-12-13-4-3-6-15(20)10-13/h1-10,20H,11-12,19H2. The highest BCUT2D eigenvalue weighted by atomic mass is 16.5. The summed E-state index contributed by atoms with van der Waals surface area (Å²) in [7, 11) is 0. The molecule has 3 aromatic rings. The van der Waals surface area contributed by atoms with E-state index in [1.165, 1.54) is 0 Å². The maximum atomic E-state index is 9.48. The average molecular weight is 279 g/mol. The Morgan fingerprint density at radius 1 is 0.952 bits per heavy atom. The second kappa shape index (κ2) is 5.85. The van der Waals surface area contributed by atoms with Crippen molar-refractivity contribution >= 4 is 10.8 Å². The highest BCUT2D eigenvalue weighted by Crippen LogP contribution is 2.28. The molecule has 3 aromatic carbocycles. The number of rotatable bonds is 4. The molecule has 106 valence electrons. The molecule has 0 spiro atoms. The minimum Gasteiger partial charge on any atom is -0.508 e. The molecule has 0 unspecified atom stereocenters. The fraction of sp³-hybridized carbons (Fsp3) is 0.111. The molecular weight excluding hydrogens is 262 g/mol. The minimum atomic E-state index is 0.244. The summed E-state index contributed by atoms with van der Waals surface area (Å²) in [5, 5.41) is 11.8. The number of ether oxygens (including phenoxy) is 1. The van der Waals surface area contributed by atoms with Gasteiger partial charge in [0.25, 0.3) is 0 Å². The van der Waals surface area contributed by atoms with Crippen molar-refractivity contribution in [3.63, 3.8) is 0 Å². The third-order valence-electron chi connectivity index (χ3n) is 3.51. The van der Waals surface area contributed by atoms with Crippen LogP contribution < -0.4 is 10.5 Å². The van der Waals surface area contributed by atoms with Gasteiger partial charge in [0.2, 0.25) is 0 Å². The Balaban J connectivity index is 1.90. The molecular formula is C18H17NO2. The lowest BCUT2D eigenvalue weighted by Gasteiger charge is -2.13. The van der Waals surface area contributed by atoms with Crippen LogP contribution in [0.2, 0.25) is 0 Å². The van der Waals surface area contributed by atoms with Gasteiger partial charge in [-0.05, 0) is 34.5 Å². The SMILES string of the molecule is NCc1c(OCc2cccc(O)c2)ccc2ccccc12. The van der Waals surface area contributed by atoms with E-state index in [2.05, 4.69) is 12.1 Å². The summed E-state index contributed by atoms with van der Waals surface area (Å²) < 4.78 is 5.89. The number of phenolic OH excluding ortho intramolecular Hbond substituents is 1. The molecule has 0 saturated heterocycles. The van der Waals surface area contributed by atoms with E-state index in [4.69, 9.17) is 10.5 Å². The van der Waals surface area contributed by atoms with E-state index in [1.807, 2.05) is 30.3 Å². The zero-order valence-corrected chi connectivity index (χ0v) is 11.6. The second-order valence-corrected chi connectivity index (χ2v) is 4.93. The highest BCUT2D eigenvalue weighted by Gasteiger charge is 2.07. The first kappa shape index (κ1) is 13.5. The van der Waals surface area contributed by atoms with Crippen molar-refractivity contribution < 1.29 is 9.84 Å². The molecule has 3 heteroatoms. The van der Waals surface area contributed by atoms with Gasteiger partial charge in [0.15, 0.2) is 0 Å². The zero-order valence-electron chi connectivity index (χ0n) is 11.6. The first-order valence-corrected chi connectivity index (χ1v) is 6.89. The van der Waals surface area contributed by atoms with Gasteiger partial charge in [0.1, 0.15) is 18.1 Å². The van der Waals surface area contributed by atoms with Gasteiger partial charge in [-0.25, -0.2) is 0 Å². The summed E-state index contributed by atoms with van der Waals surface area (Å²) >= 11 is 0. The topological polar surface area (TPSA) is 55.5 Å². The number of hydrogen-bond acceptors (Lipinski definition) is 3. The van der Waals surface area contributed by atoms with Crippen molar-refractivity contribution in [2.24, 2.45) is 5.73 Å². The van der Waals surface area contributed by atoms with Gasteiger partial charge >= 0.3 is 0 Å². The predicted molar refractivity (Wildman–Crippen MR) is 84.3 cm³/mol. The van der Waals surface area contributed by atoms with Crippen molar-refractivity contribution in [3.05, 3.63) is 71.8 Å². The van der Waals surface area contributed by atoms with Crippen LogP contribution in [0.15, 0.2) is 60.7 Å². The molecule has 0 bridgehead atoms. The van der Waals surface area contributed by atoms with E-state index in [-0.39, 0.29) is 5.75 Å². The largest absolute Gasteiger partial charge is 0.508 e. The Kier molecular flexibility index (Phi) is 3.75. The Hall–Kier alpha value is -2.52. The van der Waals surface area contributed by atoms with Crippen LogP contribution >= 0.6 is 0 Å². The molecule has 0 saturated carbocycles.